The Morgan fingerprint density at radius 2 is 0.559 bits per heavy atom. The molecule has 8 atom stereocenters. The van der Waals surface area contributed by atoms with Crippen LogP contribution >= 0.6 is 0 Å². The van der Waals surface area contributed by atoms with Gasteiger partial charge in [0, 0.05) is 61.2 Å². The number of alkyl halides is 4. The van der Waals surface area contributed by atoms with Crippen LogP contribution in [-0.4, -0.2) is 135 Å². The van der Waals surface area contributed by atoms with Gasteiger partial charge in [0.15, 0.2) is 11.6 Å². The van der Waals surface area contributed by atoms with Crippen LogP contribution < -0.4 is 0 Å². The van der Waals surface area contributed by atoms with Gasteiger partial charge in [-0.05, 0) is 265 Å². The molecular formula is C80H104F4O18. The predicted octanol–water partition coefficient (Wildman–Crippen LogP) is 12.4. The van der Waals surface area contributed by atoms with E-state index < -0.39 is 79.0 Å². The molecule has 0 aromatic carbocycles. The molecule has 0 radical (unpaired) electrons. The summed E-state index contributed by atoms with van der Waals surface area (Å²) in [7, 11) is 0. The highest BCUT2D eigenvalue weighted by Crippen LogP contribution is 2.69. The van der Waals surface area contributed by atoms with Crippen LogP contribution in [0.15, 0.2) is 0 Å². The monoisotopic (exact) mass is 1430 g/mol. The van der Waals surface area contributed by atoms with Crippen LogP contribution in [0.4, 0.5) is 17.6 Å². The first-order chi connectivity index (χ1) is 48.4. The minimum absolute atomic E-state index is 0.0723. The molecule has 2 saturated heterocycles. The normalized spacial score (nSPS) is 51.3. The molecule has 24 bridgehead atoms. The van der Waals surface area contributed by atoms with E-state index in [4.69, 9.17) is 47.4 Å². The zero-order valence-electron chi connectivity index (χ0n) is 59.5. The Labute approximate surface area is 594 Å². The molecular weight excluding hydrogens is 1320 g/mol. The maximum Gasteiger partial charge on any atom is 0.377 e. The molecule has 0 aromatic heterocycles. The smallest absolute Gasteiger partial charge is 0.377 e. The van der Waals surface area contributed by atoms with Crippen LogP contribution in [0, 0.1) is 139 Å². The van der Waals surface area contributed by atoms with Gasteiger partial charge in [0.25, 0.3) is 0 Å². The van der Waals surface area contributed by atoms with Crippen molar-refractivity contribution in [1.29, 1.82) is 0 Å². The summed E-state index contributed by atoms with van der Waals surface area (Å²) in [6.07, 6.45) is 25.9. The van der Waals surface area contributed by atoms with Crippen molar-refractivity contribution in [1.82, 2.24) is 0 Å². The molecule has 2 spiro atoms. The molecule has 24 aliphatic carbocycles. The van der Waals surface area contributed by atoms with Crippen LogP contribution in [0.25, 0.3) is 0 Å². The number of rotatable bonds is 16. The lowest BCUT2D eigenvalue weighted by molar-refractivity contribution is -0.397. The highest BCUT2D eigenvalue weighted by atomic mass is 19.3. The lowest BCUT2D eigenvalue weighted by atomic mass is 9.49. The number of halogens is 4. The Morgan fingerprint density at radius 1 is 0.333 bits per heavy atom. The van der Waals surface area contributed by atoms with Crippen LogP contribution in [0.3, 0.4) is 0 Å². The Hall–Kier alpha value is -4.28. The van der Waals surface area contributed by atoms with E-state index in [0.29, 0.717) is 137 Å². The highest BCUT2D eigenvalue weighted by molar-refractivity contribution is 5.91. The maximum atomic E-state index is 14.0. The molecule has 560 valence electrons. The Kier molecular flexibility index (Phi) is 15.5. The largest absolute Gasteiger partial charge is 0.464 e. The number of carbonyl (C=O) groups excluding carboxylic acids is 8. The number of hydrogen-bond donors (Lipinski definition) is 0. The van der Waals surface area contributed by atoms with Gasteiger partial charge in [-0.15, -0.1) is 0 Å². The van der Waals surface area contributed by atoms with E-state index in [2.05, 4.69) is 0 Å². The van der Waals surface area contributed by atoms with Crippen molar-refractivity contribution in [3.05, 3.63) is 0 Å². The number of Topliss-reactive ketones (excluding diaryl/α,β-unsaturated/α-hetero) is 2. The Balaban J connectivity index is 0.000000141. The van der Waals surface area contributed by atoms with Gasteiger partial charge in [-0.2, -0.15) is 17.6 Å². The standard InChI is InChI=1S/C40H50F2O10.C40H54F2O8/c1-35(41,42)32(45)52-39-10-23-6-28(15-39)40(29(7-23)16-39)50-19-36(20-51-40,17-48-33(46)37-8-21-2-24(11-37)30(43)25(3-21)12-37)18-49-34(47)38-9-22-4-26(13-38)31(44)27(5-22)14-38;1-35(41,42)32(43)50-39-16-29-8-30(17-39)40(31(9-29)18-39)48-21-36(22-49-40,19-46-33(44)37-10-23-2-24(11-37)4-25(3-23)12-37)20-47-34(45)38-13-26-5-27(14-38)7-28(6-26)15-38/h21-29H,2-20H2,1H3;23-31H,2-22H2,1H3. The summed E-state index contributed by atoms with van der Waals surface area (Å²) in [6, 6.07) is 0. The van der Waals surface area contributed by atoms with Gasteiger partial charge >= 0.3 is 47.7 Å². The van der Waals surface area contributed by atoms with Gasteiger partial charge in [-0.3, -0.25) is 28.8 Å². The molecule has 26 aliphatic rings. The molecule has 2 heterocycles. The quantitative estimate of drug-likeness (QED) is 0.0794. The summed E-state index contributed by atoms with van der Waals surface area (Å²) in [6.45, 7) is 1.79. The van der Waals surface area contributed by atoms with Gasteiger partial charge in [-0.1, -0.05) is 0 Å². The summed E-state index contributed by atoms with van der Waals surface area (Å²) in [5.74, 6) is -8.17. The fraction of sp³-hybridized carbons (Fsp3) is 0.900. The first-order valence-electron chi connectivity index (χ1n) is 39.9. The minimum Gasteiger partial charge on any atom is -0.464 e. The van der Waals surface area contributed by atoms with Gasteiger partial charge in [0.1, 0.15) is 49.2 Å². The summed E-state index contributed by atoms with van der Waals surface area (Å²) >= 11 is 0. The van der Waals surface area contributed by atoms with Crippen molar-refractivity contribution >= 4 is 47.4 Å². The molecule has 24 saturated carbocycles. The molecule has 0 N–H and O–H groups in total. The fourth-order valence-corrected chi connectivity index (χ4v) is 29.3. The maximum absolute atomic E-state index is 14.0. The van der Waals surface area contributed by atoms with Gasteiger partial charge in [0.05, 0.1) is 58.9 Å². The molecule has 22 heteroatoms. The molecule has 0 amide bonds. The second-order valence-electron chi connectivity index (χ2n) is 40.0. The Bertz CT molecular complexity index is 3220. The van der Waals surface area contributed by atoms with Crippen molar-refractivity contribution in [2.45, 2.75) is 254 Å². The van der Waals surface area contributed by atoms with Crippen molar-refractivity contribution in [2.75, 3.05) is 52.9 Å². The van der Waals surface area contributed by atoms with E-state index in [1.54, 1.807) is 0 Å². The summed E-state index contributed by atoms with van der Waals surface area (Å²) in [5, 5.41) is 0. The van der Waals surface area contributed by atoms with Crippen molar-refractivity contribution in [3.63, 3.8) is 0 Å². The lowest BCUT2D eigenvalue weighted by Gasteiger charge is -2.65. The van der Waals surface area contributed by atoms with Gasteiger partial charge in [-0.25, -0.2) is 9.59 Å². The van der Waals surface area contributed by atoms with Crippen LogP contribution in [0.1, 0.15) is 219 Å². The lowest BCUT2D eigenvalue weighted by Crippen LogP contribution is -2.69. The Morgan fingerprint density at radius 3 is 0.804 bits per heavy atom. The summed E-state index contributed by atoms with van der Waals surface area (Å²) in [4.78, 5) is 106. The van der Waals surface area contributed by atoms with Crippen molar-refractivity contribution < 1.29 is 103 Å². The molecule has 8 unspecified atom stereocenters. The van der Waals surface area contributed by atoms with E-state index >= 15 is 0 Å². The van der Waals surface area contributed by atoms with Crippen LogP contribution in [0.5, 0.6) is 0 Å². The first kappa shape index (κ1) is 68.3. The van der Waals surface area contributed by atoms with Crippen LogP contribution in [-0.2, 0) is 85.7 Å². The van der Waals surface area contributed by atoms with Gasteiger partial charge in [0.2, 0.25) is 0 Å². The zero-order valence-corrected chi connectivity index (χ0v) is 59.5. The molecule has 2 aliphatic heterocycles. The van der Waals surface area contributed by atoms with E-state index in [9.17, 15) is 55.9 Å². The third-order valence-electron chi connectivity index (χ3n) is 32.1. The van der Waals surface area contributed by atoms with E-state index in [0.717, 1.165) is 103 Å². The van der Waals surface area contributed by atoms with E-state index in [1.807, 2.05) is 0 Å². The third kappa shape index (κ3) is 11.0. The van der Waals surface area contributed by atoms with E-state index in [1.165, 1.54) is 38.5 Å². The highest BCUT2D eigenvalue weighted by Gasteiger charge is 2.72. The number of ether oxygens (including phenoxy) is 10. The van der Waals surface area contributed by atoms with Crippen molar-refractivity contribution in [2.24, 2.45) is 139 Å². The number of hydrogen-bond acceptors (Lipinski definition) is 18. The SMILES string of the molecule is CC(F)(F)C(=O)OC12CC3CC(C1)C1(OCC(COC(=O)C45CC6CC(C4)C(=O)C(C6)C5)(COC(=O)C45CC6CC(C4)C(=O)C(C6)C5)CO1)C(C3)C2.CC(F)(F)C(=O)OC12CC3CC(C1)C1(OCC(COC(=O)C45CC6CC(CC(C6)C4)C5)(COC(=O)C45CC6CC(CC(C6)C4)C5)CO1)C(C3)C2. The topological polar surface area (TPSA) is 229 Å². The second-order valence-corrected chi connectivity index (χ2v) is 40.0. The molecule has 102 heavy (non-hydrogen) atoms. The molecule has 18 nitrogen and oxygen atoms in total. The zero-order chi connectivity index (χ0) is 70.4. The molecule has 26 fully saturated rings. The van der Waals surface area contributed by atoms with E-state index in [-0.39, 0.29) is 136 Å². The predicted molar refractivity (Wildman–Crippen MR) is 347 cm³/mol. The average Bonchev–Trinajstić information content (AvgIpc) is 0.727. The van der Waals surface area contributed by atoms with Gasteiger partial charge < -0.3 is 47.4 Å². The second kappa shape index (κ2) is 23.1. The van der Waals surface area contributed by atoms with Crippen LogP contribution in [0.2, 0.25) is 0 Å². The number of carbonyl (C=O) groups is 8. The molecule has 26 rings (SSSR count). The molecule has 0 aromatic rings. The average molecular weight is 1430 g/mol. The third-order valence-corrected chi connectivity index (χ3v) is 32.1. The first-order valence-corrected chi connectivity index (χ1v) is 39.9. The summed E-state index contributed by atoms with van der Waals surface area (Å²) < 4.78 is 119. The summed E-state index contributed by atoms with van der Waals surface area (Å²) in [5.41, 5.74) is -5.86. The number of esters is 6. The minimum atomic E-state index is -3.58. The van der Waals surface area contributed by atoms with Crippen molar-refractivity contribution in [3.8, 4) is 0 Å². The fourth-order valence-electron chi connectivity index (χ4n) is 29.3. The number of ketones is 2.